The van der Waals surface area contributed by atoms with Crippen LogP contribution in [0.5, 0.6) is 0 Å². The molecular weight excluding hydrogens is 260 g/mol. The number of allylic oxidation sites excluding steroid dienone is 1. The predicted molar refractivity (Wildman–Crippen MR) is 82.6 cm³/mol. The number of ketones is 1. The summed E-state index contributed by atoms with van der Waals surface area (Å²) in [5, 5.41) is 9.95. The summed E-state index contributed by atoms with van der Waals surface area (Å²) in [6.45, 7) is 4.68. The van der Waals surface area contributed by atoms with Gasteiger partial charge >= 0.3 is 0 Å². The monoisotopic (exact) mass is 288 g/mol. The molecule has 0 aromatic heterocycles. The second kappa shape index (κ2) is 4.44. The van der Waals surface area contributed by atoms with Crippen LogP contribution in [0.1, 0.15) is 58.8 Å². The Morgan fingerprint density at radius 3 is 2.76 bits per heavy atom. The van der Waals surface area contributed by atoms with Gasteiger partial charge in [-0.25, -0.2) is 0 Å². The zero-order valence-corrected chi connectivity index (χ0v) is 13.3. The SMILES string of the molecule is C[C@]12C=C[C@H](O)C[C@@H]1CC[C@H]1[C@H]2CC[C@]2(C)C(=O)CC[C@@H]12. The van der Waals surface area contributed by atoms with Gasteiger partial charge in [-0.05, 0) is 67.6 Å². The molecule has 0 unspecified atom stereocenters. The third-order valence-electron chi connectivity index (χ3n) is 7.88. The molecular formula is C19H28O2. The summed E-state index contributed by atoms with van der Waals surface area (Å²) < 4.78 is 0. The number of hydrogen-bond acceptors (Lipinski definition) is 2. The Kier molecular flexibility index (Phi) is 2.96. The maximum Gasteiger partial charge on any atom is 0.139 e. The van der Waals surface area contributed by atoms with Crippen molar-refractivity contribution < 1.29 is 9.90 Å². The summed E-state index contributed by atoms with van der Waals surface area (Å²) in [5.41, 5.74) is 0.247. The highest BCUT2D eigenvalue weighted by molar-refractivity contribution is 5.87. The van der Waals surface area contributed by atoms with Crippen LogP contribution in [0.4, 0.5) is 0 Å². The van der Waals surface area contributed by atoms with Gasteiger partial charge in [0.05, 0.1) is 6.10 Å². The van der Waals surface area contributed by atoms with Crippen molar-refractivity contribution in [2.45, 2.75) is 64.9 Å². The molecule has 0 heterocycles. The van der Waals surface area contributed by atoms with Crippen LogP contribution in [0.25, 0.3) is 0 Å². The quantitative estimate of drug-likeness (QED) is 0.690. The molecule has 0 aliphatic heterocycles. The zero-order valence-electron chi connectivity index (χ0n) is 13.3. The van der Waals surface area contributed by atoms with Crippen LogP contribution in [0.2, 0.25) is 0 Å². The average molecular weight is 288 g/mol. The molecule has 4 aliphatic carbocycles. The van der Waals surface area contributed by atoms with Gasteiger partial charge in [0, 0.05) is 11.8 Å². The normalized spacial score (nSPS) is 55.8. The lowest BCUT2D eigenvalue weighted by atomic mass is 9.46. The summed E-state index contributed by atoms with van der Waals surface area (Å²) in [7, 11) is 0. The summed E-state index contributed by atoms with van der Waals surface area (Å²) in [6.07, 6.45) is 11.8. The fourth-order valence-corrected chi connectivity index (χ4v) is 6.56. The van der Waals surface area contributed by atoms with Gasteiger partial charge in [-0.15, -0.1) is 0 Å². The third-order valence-corrected chi connectivity index (χ3v) is 7.88. The van der Waals surface area contributed by atoms with E-state index in [-0.39, 0.29) is 16.9 Å². The van der Waals surface area contributed by atoms with Crippen molar-refractivity contribution in [1.29, 1.82) is 0 Å². The Morgan fingerprint density at radius 1 is 1.14 bits per heavy atom. The van der Waals surface area contributed by atoms with Gasteiger partial charge in [-0.2, -0.15) is 0 Å². The molecule has 2 nitrogen and oxygen atoms in total. The molecule has 3 saturated carbocycles. The molecule has 0 bridgehead atoms. The Morgan fingerprint density at radius 2 is 1.95 bits per heavy atom. The fourth-order valence-electron chi connectivity index (χ4n) is 6.56. The van der Waals surface area contributed by atoms with Crippen molar-refractivity contribution in [1.82, 2.24) is 0 Å². The van der Waals surface area contributed by atoms with Crippen molar-refractivity contribution in [3.05, 3.63) is 12.2 Å². The highest BCUT2D eigenvalue weighted by Crippen LogP contribution is 2.64. The molecule has 7 atom stereocenters. The first-order valence-corrected chi connectivity index (χ1v) is 8.86. The number of rotatable bonds is 0. The van der Waals surface area contributed by atoms with Crippen molar-refractivity contribution in [2.75, 3.05) is 0 Å². The number of aliphatic hydroxyl groups excluding tert-OH is 1. The van der Waals surface area contributed by atoms with Gasteiger partial charge in [0.1, 0.15) is 5.78 Å². The molecule has 0 aromatic rings. The molecule has 116 valence electrons. The first kappa shape index (κ1) is 14.0. The minimum absolute atomic E-state index is 0.0116. The van der Waals surface area contributed by atoms with Crippen molar-refractivity contribution in [3.8, 4) is 0 Å². The van der Waals surface area contributed by atoms with E-state index in [2.05, 4.69) is 19.9 Å². The van der Waals surface area contributed by atoms with E-state index in [1.165, 1.54) is 19.3 Å². The van der Waals surface area contributed by atoms with Gasteiger partial charge in [-0.1, -0.05) is 26.0 Å². The van der Waals surface area contributed by atoms with E-state index in [1.54, 1.807) is 0 Å². The van der Waals surface area contributed by atoms with Crippen molar-refractivity contribution in [3.63, 3.8) is 0 Å². The molecule has 2 heteroatoms. The summed E-state index contributed by atoms with van der Waals surface area (Å²) in [5.74, 6) is 3.26. The van der Waals surface area contributed by atoms with Crippen LogP contribution in [0.3, 0.4) is 0 Å². The number of aliphatic hydroxyl groups is 1. The van der Waals surface area contributed by atoms with Gasteiger partial charge in [0.15, 0.2) is 0 Å². The summed E-state index contributed by atoms with van der Waals surface area (Å²) >= 11 is 0. The van der Waals surface area contributed by atoms with Crippen LogP contribution in [0.15, 0.2) is 12.2 Å². The molecule has 3 fully saturated rings. The molecule has 0 aromatic carbocycles. The second-order valence-corrected chi connectivity index (χ2v) is 8.60. The fraction of sp³-hybridized carbons (Fsp3) is 0.842. The van der Waals surface area contributed by atoms with E-state index >= 15 is 0 Å². The third kappa shape index (κ3) is 1.78. The smallest absolute Gasteiger partial charge is 0.139 e. The van der Waals surface area contributed by atoms with Gasteiger partial charge in [-0.3, -0.25) is 4.79 Å². The maximum atomic E-state index is 12.4. The van der Waals surface area contributed by atoms with Crippen molar-refractivity contribution in [2.24, 2.45) is 34.5 Å². The van der Waals surface area contributed by atoms with E-state index < -0.39 is 0 Å². The molecule has 4 aliphatic rings. The lowest BCUT2D eigenvalue weighted by molar-refractivity contribution is -0.134. The van der Waals surface area contributed by atoms with Crippen LogP contribution >= 0.6 is 0 Å². The highest BCUT2D eigenvalue weighted by Gasteiger charge is 2.59. The minimum atomic E-state index is -0.235. The Bertz CT molecular complexity index is 496. The van der Waals surface area contributed by atoms with E-state index in [0.29, 0.717) is 17.6 Å². The molecule has 0 radical (unpaired) electrons. The zero-order chi connectivity index (χ0) is 14.8. The van der Waals surface area contributed by atoms with E-state index in [1.807, 2.05) is 6.08 Å². The van der Waals surface area contributed by atoms with E-state index in [0.717, 1.165) is 37.5 Å². The predicted octanol–water partition coefficient (Wildman–Crippen LogP) is 3.74. The standard InChI is InChI=1S/C19H28O2/c1-18-9-7-13(20)11-12(18)3-4-14-15-5-6-17(21)19(15,2)10-8-16(14)18/h7,9,12-16,20H,3-6,8,10-11H2,1-2H3/t12-,13-,14+,15-,16+,18-,19-/m0/s1. The molecule has 0 saturated heterocycles. The first-order valence-electron chi connectivity index (χ1n) is 8.86. The molecule has 21 heavy (non-hydrogen) atoms. The Balaban J connectivity index is 1.68. The Hall–Kier alpha value is -0.630. The lowest BCUT2D eigenvalue weighted by Gasteiger charge is -2.58. The minimum Gasteiger partial charge on any atom is -0.389 e. The summed E-state index contributed by atoms with van der Waals surface area (Å²) in [4.78, 5) is 12.4. The van der Waals surface area contributed by atoms with Crippen LogP contribution in [-0.2, 0) is 4.79 Å². The lowest BCUT2D eigenvalue weighted by Crippen LogP contribution is -2.52. The second-order valence-electron chi connectivity index (χ2n) is 8.60. The largest absolute Gasteiger partial charge is 0.389 e. The number of hydrogen-bond donors (Lipinski definition) is 1. The van der Waals surface area contributed by atoms with Crippen LogP contribution < -0.4 is 0 Å². The van der Waals surface area contributed by atoms with Crippen LogP contribution in [-0.4, -0.2) is 17.0 Å². The molecule has 1 N–H and O–H groups in total. The van der Waals surface area contributed by atoms with Crippen LogP contribution in [0, 0.1) is 34.5 Å². The average Bonchev–Trinajstić information content (AvgIpc) is 2.76. The number of carbonyl (C=O) groups is 1. The topological polar surface area (TPSA) is 37.3 Å². The van der Waals surface area contributed by atoms with Gasteiger partial charge in [0.2, 0.25) is 0 Å². The molecule has 4 rings (SSSR count). The van der Waals surface area contributed by atoms with E-state index in [4.69, 9.17) is 0 Å². The van der Waals surface area contributed by atoms with Gasteiger partial charge < -0.3 is 5.11 Å². The molecule has 0 amide bonds. The van der Waals surface area contributed by atoms with Crippen molar-refractivity contribution >= 4 is 5.78 Å². The highest BCUT2D eigenvalue weighted by atomic mass is 16.3. The maximum absolute atomic E-state index is 12.4. The number of Topliss-reactive ketones (excluding diaryl/α,β-unsaturated/α-hetero) is 1. The van der Waals surface area contributed by atoms with E-state index in [9.17, 15) is 9.90 Å². The number of fused-ring (bicyclic) bond motifs is 5. The first-order chi connectivity index (χ1) is 9.95. The molecule has 0 spiro atoms. The summed E-state index contributed by atoms with van der Waals surface area (Å²) in [6, 6.07) is 0. The van der Waals surface area contributed by atoms with Gasteiger partial charge in [0.25, 0.3) is 0 Å². The Labute approximate surface area is 128 Å². The number of carbonyl (C=O) groups excluding carboxylic acids is 1.